The molecule has 0 aliphatic rings. The summed E-state index contributed by atoms with van der Waals surface area (Å²) in [6, 6.07) is 5.34. The van der Waals surface area contributed by atoms with E-state index in [4.69, 9.17) is 29.6 Å². The summed E-state index contributed by atoms with van der Waals surface area (Å²) >= 11 is 11.7. The quantitative estimate of drug-likeness (QED) is 0.592. The van der Waals surface area contributed by atoms with Crippen molar-refractivity contribution in [2.45, 2.75) is 6.18 Å². The summed E-state index contributed by atoms with van der Waals surface area (Å²) in [7, 11) is 0. The number of hydrogen-bond donors (Lipinski definition) is 0. The maximum atomic E-state index is 13.3. The number of benzene rings is 1. The Kier molecular flexibility index (Phi) is 3.71. The number of rotatable bonds is 1. The van der Waals surface area contributed by atoms with Crippen LogP contribution in [-0.2, 0) is 6.18 Å². The first kappa shape index (κ1) is 15.7. The molecule has 0 saturated heterocycles. The van der Waals surface area contributed by atoms with Gasteiger partial charge in [0.05, 0.1) is 27.5 Å². The van der Waals surface area contributed by atoms with Gasteiger partial charge in [-0.15, -0.1) is 6.42 Å². The fraction of sp³-hybridized carbons (Fsp3) is 0.0667. The second-order valence-electron chi connectivity index (χ2n) is 4.59. The van der Waals surface area contributed by atoms with Crippen molar-refractivity contribution < 1.29 is 13.2 Å². The van der Waals surface area contributed by atoms with Crippen LogP contribution in [0.4, 0.5) is 13.2 Å². The number of nitrogens with zero attached hydrogens (tertiary/aromatic N) is 3. The lowest BCUT2D eigenvalue weighted by molar-refractivity contribution is -0.142. The fourth-order valence-corrected chi connectivity index (χ4v) is 2.37. The smallest absolute Gasteiger partial charge is 0.227 e. The Labute approximate surface area is 138 Å². The van der Waals surface area contributed by atoms with Crippen LogP contribution in [0.25, 0.3) is 16.9 Å². The molecule has 1 aromatic carbocycles. The molecule has 0 fully saturated rings. The summed E-state index contributed by atoms with van der Waals surface area (Å²) in [6.07, 6.45) is 1.83. The summed E-state index contributed by atoms with van der Waals surface area (Å²) in [6.45, 7) is 0. The number of halogens is 5. The summed E-state index contributed by atoms with van der Waals surface area (Å²) in [5.74, 6) is 2.27. The standard InChI is InChI=1S/C15H6Cl2F3N3/c1-2-8-7-21-23-13(15(18,19)20)6-12(22-14(8)23)9-3-4-10(16)11(17)5-9/h1,3-7H. The molecule has 0 radical (unpaired) electrons. The van der Waals surface area contributed by atoms with Gasteiger partial charge in [-0.3, -0.25) is 0 Å². The first-order chi connectivity index (χ1) is 10.8. The van der Waals surface area contributed by atoms with Crippen LogP contribution in [0, 0.1) is 12.3 Å². The lowest BCUT2D eigenvalue weighted by Gasteiger charge is -2.11. The second-order valence-corrected chi connectivity index (χ2v) is 5.41. The predicted octanol–water partition coefficient (Wildman–Crippen LogP) is 4.70. The molecule has 0 spiro atoms. The zero-order valence-electron chi connectivity index (χ0n) is 11.2. The predicted molar refractivity (Wildman–Crippen MR) is 81.4 cm³/mol. The average molecular weight is 356 g/mol. The molecule has 2 aromatic heterocycles. The van der Waals surface area contributed by atoms with Gasteiger partial charge in [-0.1, -0.05) is 35.2 Å². The highest BCUT2D eigenvalue weighted by atomic mass is 35.5. The van der Waals surface area contributed by atoms with E-state index < -0.39 is 11.9 Å². The van der Waals surface area contributed by atoms with Crippen molar-refractivity contribution in [1.29, 1.82) is 0 Å². The van der Waals surface area contributed by atoms with Crippen LogP contribution in [-0.4, -0.2) is 14.6 Å². The van der Waals surface area contributed by atoms with Crippen molar-refractivity contribution in [2.75, 3.05) is 0 Å². The van der Waals surface area contributed by atoms with E-state index >= 15 is 0 Å². The van der Waals surface area contributed by atoms with Crippen LogP contribution in [0.2, 0.25) is 10.0 Å². The molecular formula is C15H6Cl2F3N3. The zero-order chi connectivity index (χ0) is 16.8. The topological polar surface area (TPSA) is 30.2 Å². The highest BCUT2D eigenvalue weighted by Crippen LogP contribution is 2.34. The van der Waals surface area contributed by atoms with Crippen LogP contribution < -0.4 is 0 Å². The Morgan fingerprint density at radius 2 is 1.87 bits per heavy atom. The molecule has 0 saturated carbocycles. The molecule has 0 aliphatic heterocycles. The van der Waals surface area contributed by atoms with Gasteiger partial charge < -0.3 is 0 Å². The van der Waals surface area contributed by atoms with Crippen molar-refractivity contribution in [3.05, 3.63) is 51.8 Å². The lowest BCUT2D eigenvalue weighted by atomic mass is 10.1. The number of fused-ring (bicyclic) bond motifs is 1. The minimum Gasteiger partial charge on any atom is -0.227 e. The van der Waals surface area contributed by atoms with Gasteiger partial charge in [0.15, 0.2) is 11.3 Å². The van der Waals surface area contributed by atoms with E-state index in [0.29, 0.717) is 15.1 Å². The maximum Gasteiger partial charge on any atom is 0.433 e. The zero-order valence-corrected chi connectivity index (χ0v) is 12.7. The molecule has 3 nitrogen and oxygen atoms in total. The highest BCUT2D eigenvalue weighted by Gasteiger charge is 2.35. The monoisotopic (exact) mass is 355 g/mol. The van der Waals surface area contributed by atoms with E-state index in [9.17, 15) is 13.2 Å². The Hall–Kier alpha value is -2.23. The lowest BCUT2D eigenvalue weighted by Crippen LogP contribution is -2.13. The first-order valence-electron chi connectivity index (χ1n) is 6.19. The van der Waals surface area contributed by atoms with Crippen molar-refractivity contribution >= 4 is 28.8 Å². The van der Waals surface area contributed by atoms with E-state index in [2.05, 4.69) is 16.0 Å². The molecular weight excluding hydrogens is 350 g/mol. The number of terminal acetylenes is 1. The van der Waals surface area contributed by atoms with E-state index in [1.807, 2.05) is 0 Å². The largest absolute Gasteiger partial charge is 0.433 e. The van der Waals surface area contributed by atoms with Crippen LogP contribution >= 0.6 is 23.2 Å². The summed E-state index contributed by atoms with van der Waals surface area (Å²) in [5.41, 5.74) is -0.414. The van der Waals surface area contributed by atoms with Crippen molar-refractivity contribution in [1.82, 2.24) is 14.6 Å². The average Bonchev–Trinajstić information content (AvgIpc) is 2.91. The number of alkyl halides is 3. The molecule has 0 unspecified atom stereocenters. The van der Waals surface area contributed by atoms with Gasteiger partial charge in [-0.25, -0.2) is 9.50 Å². The molecule has 0 bridgehead atoms. The maximum absolute atomic E-state index is 13.3. The van der Waals surface area contributed by atoms with E-state index in [1.165, 1.54) is 18.2 Å². The van der Waals surface area contributed by atoms with Gasteiger partial charge in [-0.05, 0) is 18.2 Å². The SMILES string of the molecule is C#Cc1cnn2c(C(F)(F)F)cc(-c3ccc(Cl)c(Cl)c3)nc12. The van der Waals surface area contributed by atoms with E-state index in [-0.39, 0.29) is 21.9 Å². The van der Waals surface area contributed by atoms with Crippen molar-refractivity contribution in [2.24, 2.45) is 0 Å². The third kappa shape index (κ3) is 2.74. The molecule has 0 N–H and O–H groups in total. The Bertz CT molecular complexity index is 955. The van der Waals surface area contributed by atoms with Crippen molar-refractivity contribution in [3.63, 3.8) is 0 Å². The summed E-state index contributed by atoms with van der Waals surface area (Å²) in [4.78, 5) is 4.18. The van der Waals surface area contributed by atoms with Gasteiger partial charge >= 0.3 is 6.18 Å². The molecule has 2 heterocycles. The van der Waals surface area contributed by atoms with Crippen LogP contribution in [0.5, 0.6) is 0 Å². The Morgan fingerprint density at radius 3 is 2.48 bits per heavy atom. The van der Waals surface area contributed by atoms with Gasteiger partial charge in [0.2, 0.25) is 0 Å². The number of hydrogen-bond acceptors (Lipinski definition) is 2. The van der Waals surface area contributed by atoms with Crippen LogP contribution in [0.1, 0.15) is 11.3 Å². The van der Waals surface area contributed by atoms with Crippen molar-refractivity contribution in [3.8, 4) is 23.6 Å². The normalized spacial score (nSPS) is 11.7. The molecule has 116 valence electrons. The molecule has 3 rings (SSSR count). The molecule has 0 amide bonds. The second kappa shape index (κ2) is 5.44. The van der Waals surface area contributed by atoms with Crippen LogP contribution in [0.3, 0.4) is 0 Å². The molecule has 0 atom stereocenters. The minimum absolute atomic E-state index is 0.0524. The Balaban J connectivity index is 2.33. The Morgan fingerprint density at radius 1 is 1.13 bits per heavy atom. The first-order valence-corrected chi connectivity index (χ1v) is 6.95. The van der Waals surface area contributed by atoms with Gasteiger partial charge in [0, 0.05) is 5.56 Å². The van der Waals surface area contributed by atoms with E-state index in [0.717, 1.165) is 12.3 Å². The van der Waals surface area contributed by atoms with Gasteiger partial charge in [-0.2, -0.15) is 18.3 Å². The molecule has 3 aromatic rings. The fourth-order valence-electron chi connectivity index (χ4n) is 2.07. The third-order valence-electron chi connectivity index (χ3n) is 3.13. The van der Waals surface area contributed by atoms with Gasteiger partial charge in [0.1, 0.15) is 0 Å². The molecule has 23 heavy (non-hydrogen) atoms. The van der Waals surface area contributed by atoms with E-state index in [1.54, 1.807) is 0 Å². The summed E-state index contributed by atoms with van der Waals surface area (Å²) < 4.78 is 40.5. The summed E-state index contributed by atoms with van der Waals surface area (Å²) in [5, 5.41) is 4.17. The molecule has 8 heteroatoms. The third-order valence-corrected chi connectivity index (χ3v) is 3.87. The highest BCUT2D eigenvalue weighted by molar-refractivity contribution is 6.42. The van der Waals surface area contributed by atoms with Gasteiger partial charge in [0.25, 0.3) is 0 Å². The van der Waals surface area contributed by atoms with Crippen LogP contribution in [0.15, 0.2) is 30.5 Å². The minimum atomic E-state index is -4.62. The molecule has 0 aliphatic carbocycles. The number of aromatic nitrogens is 3.